The molecule has 0 aliphatic heterocycles. The van der Waals surface area contributed by atoms with Crippen molar-refractivity contribution in [1.29, 1.82) is 0 Å². The first-order chi connectivity index (χ1) is 8.70. The van der Waals surface area contributed by atoms with Crippen LogP contribution in [0.3, 0.4) is 0 Å². The molecule has 1 aromatic carbocycles. The normalized spacial score (nSPS) is 10.1. The second-order valence-corrected chi connectivity index (χ2v) is 5.10. The summed E-state index contributed by atoms with van der Waals surface area (Å²) in [6.07, 6.45) is 4.10. The van der Waals surface area contributed by atoms with E-state index in [-0.39, 0.29) is 5.91 Å². The Morgan fingerprint density at radius 1 is 1.39 bits per heavy atom. The third-order valence-corrected chi connectivity index (χ3v) is 3.29. The standard InChI is InChI=1S/C14H13IN2O/c1-2-10-8-12(15)5-6-13(10)17-14(18)11-4-3-7-16-9-11/h3-9H,2H2,1H3,(H,17,18). The van der Waals surface area contributed by atoms with Crippen molar-refractivity contribution < 1.29 is 4.79 Å². The zero-order valence-corrected chi connectivity index (χ0v) is 12.1. The molecule has 1 aromatic heterocycles. The molecule has 2 aromatic rings. The Labute approximate surface area is 120 Å². The van der Waals surface area contributed by atoms with E-state index in [0.29, 0.717) is 5.56 Å². The van der Waals surface area contributed by atoms with Crippen LogP contribution in [-0.4, -0.2) is 10.9 Å². The van der Waals surface area contributed by atoms with E-state index >= 15 is 0 Å². The largest absolute Gasteiger partial charge is 0.322 e. The molecule has 3 nitrogen and oxygen atoms in total. The molecule has 18 heavy (non-hydrogen) atoms. The molecule has 0 unspecified atom stereocenters. The fourth-order valence-corrected chi connectivity index (χ4v) is 2.22. The van der Waals surface area contributed by atoms with Crippen molar-refractivity contribution in [3.8, 4) is 0 Å². The molecule has 0 bridgehead atoms. The molecular formula is C14H13IN2O. The lowest BCUT2D eigenvalue weighted by Crippen LogP contribution is -2.13. The molecule has 1 heterocycles. The van der Waals surface area contributed by atoms with Gasteiger partial charge in [0, 0.05) is 21.7 Å². The Morgan fingerprint density at radius 2 is 2.22 bits per heavy atom. The SMILES string of the molecule is CCc1cc(I)ccc1NC(=O)c1cccnc1. The number of amides is 1. The van der Waals surface area contributed by atoms with Gasteiger partial charge >= 0.3 is 0 Å². The fraction of sp³-hybridized carbons (Fsp3) is 0.143. The summed E-state index contributed by atoms with van der Waals surface area (Å²) >= 11 is 2.27. The van der Waals surface area contributed by atoms with Gasteiger partial charge in [-0.25, -0.2) is 0 Å². The summed E-state index contributed by atoms with van der Waals surface area (Å²) in [6, 6.07) is 9.51. The van der Waals surface area contributed by atoms with Crippen molar-refractivity contribution in [1.82, 2.24) is 4.98 Å². The number of pyridine rings is 1. The average Bonchev–Trinajstić information content (AvgIpc) is 2.41. The van der Waals surface area contributed by atoms with E-state index in [1.165, 1.54) is 3.57 Å². The molecule has 92 valence electrons. The number of carbonyl (C=O) groups excluding carboxylic acids is 1. The number of rotatable bonds is 3. The first kappa shape index (κ1) is 13.0. The number of nitrogens with one attached hydrogen (secondary N) is 1. The quantitative estimate of drug-likeness (QED) is 0.860. The Balaban J connectivity index is 2.22. The highest BCUT2D eigenvalue weighted by atomic mass is 127. The zero-order valence-electron chi connectivity index (χ0n) is 9.98. The third-order valence-electron chi connectivity index (χ3n) is 2.62. The number of hydrogen-bond donors (Lipinski definition) is 1. The fourth-order valence-electron chi connectivity index (χ4n) is 1.67. The predicted molar refractivity (Wildman–Crippen MR) is 80.7 cm³/mol. The van der Waals surface area contributed by atoms with Crippen LogP contribution in [0.15, 0.2) is 42.7 Å². The highest BCUT2D eigenvalue weighted by Crippen LogP contribution is 2.20. The number of nitrogens with zero attached hydrogens (tertiary/aromatic N) is 1. The van der Waals surface area contributed by atoms with Gasteiger partial charge in [-0.1, -0.05) is 6.92 Å². The molecular weight excluding hydrogens is 339 g/mol. The first-order valence-corrected chi connectivity index (χ1v) is 6.78. The minimum atomic E-state index is -0.126. The number of anilines is 1. The van der Waals surface area contributed by atoms with Crippen molar-refractivity contribution in [3.63, 3.8) is 0 Å². The molecule has 1 N–H and O–H groups in total. The molecule has 2 rings (SSSR count). The van der Waals surface area contributed by atoms with E-state index in [1.807, 2.05) is 12.1 Å². The molecule has 0 radical (unpaired) electrons. The van der Waals surface area contributed by atoms with E-state index in [0.717, 1.165) is 17.7 Å². The highest BCUT2D eigenvalue weighted by Gasteiger charge is 2.08. The van der Waals surface area contributed by atoms with Gasteiger partial charge in [0.05, 0.1) is 5.56 Å². The van der Waals surface area contributed by atoms with Gasteiger partial charge in [-0.2, -0.15) is 0 Å². The second kappa shape index (κ2) is 5.95. The first-order valence-electron chi connectivity index (χ1n) is 5.70. The topological polar surface area (TPSA) is 42.0 Å². The van der Waals surface area contributed by atoms with E-state index in [9.17, 15) is 4.79 Å². The average molecular weight is 352 g/mol. The van der Waals surface area contributed by atoms with Crippen molar-refractivity contribution in [2.45, 2.75) is 13.3 Å². The molecule has 0 fully saturated rings. The van der Waals surface area contributed by atoms with Crippen LogP contribution in [0, 0.1) is 3.57 Å². The summed E-state index contributed by atoms with van der Waals surface area (Å²) in [4.78, 5) is 16.0. The van der Waals surface area contributed by atoms with E-state index < -0.39 is 0 Å². The molecule has 0 aliphatic rings. The molecule has 0 aliphatic carbocycles. The lowest BCUT2D eigenvalue weighted by atomic mass is 10.1. The number of hydrogen-bond acceptors (Lipinski definition) is 2. The Morgan fingerprint density at radius 3 is 2.89 bits per heavy atom. The van der Waals surface area contributed by atoms with Crippen molar-refractivity contribution in [2.75, 3.05) is 5.32 Å². The van der Waals surface area contributed by atoms with Gasteiger partial charge in [0.2, 0.25) is 0 Å². The predicted octanol–water partition coefficient (Wildman–Crippen LogP) is 3.50. The van der Waals surface area contributed by atoms with Crippen molar-refractivity contribution >= 4 is 34.2 Å². The van der Waals surface area contributed by atoms with Crippen LogP contribution in [0.1, 0.15) is 22.8 Å². The van der Waals surface area contributed by atoms with E-state index in [2.05, 4.69) is 45.9 Å². The van der Waals surface area contributed by atoms with Gasteiger partial charge < -0.3 is 5.32 Å². The molecule has 0 spiro atoms. The van der Waals surface area contributed by atoms with Crippen LogP contribution < -0.4 is 5.32 Å². The number of benzene rings is 1. The smallest absolute Gasteiger partial charge is 0.257 e. The Hall–Kier alpha value is -1.43. The van der Waals surface area contributed by atoms with Crippen LogP contribution in [0.2, 0.25) is 0 Å². The molecule has 1 amide bonds. The Kier molecular flexibility index (Phi) is 4.30. The third kappa shape index (κ3) is 3.07. The maximum atomic E-state index is 12.0. The second-order valence-electron chi connectivity index (χ2n) is 3.85. The molecule has 4 heteroatoms. The number of aryl methyl sites for hydroxylation is 1. The summed E-state index contributed by atoms with van der Waals surface area (Å²) in [5.41, 5.74) is 2.57. The number of carbonyl (C=O) groups is 1. The van der Waals surface area contributed by atoms with Gasteiger partial charge in [-0.05, 0) is 64.9 Å². The lowest BCUT2D eigenvalue weighted by Gasteiger charge is -2.10. The minimum absolute atomic E-state index is 0.126. The summed E-state index contributed by atoms with van der Waals surface area (Å²) in [5.74, 6) is -0.126. The van der Waals surface area contributed by atoms with Crippen molar-refractivity contribution in [3.05, 3.63) is 57.4 Å². The molecule has 0 saturated carbocycles. The zero-order chi connectivity index (χ0) is 13.0. The summed E-state index contributed by atoms with van der Waals surface area (Å²) in [5, 5.41) is 2.92. The summed E-state index contributed by atoms with van der Waals surface area (Å²) in [7, 11) is 0. The molecule has 0 atom stereocenters. The highest BCUT2D eigenvalue weighted by molar-refractivity contribution is 14.1. The number of halogens is 1. The van der Waals surface area contributed by atoms with Crippen LogP contribution in [0.5, 0.6) is 0 Å². The number of aromatic nitrogens is 1. The monoisotopic (exact) mass is 352 g/mol. The maximum Gasteiger partial charge on any atom is 0.257 e. The van der Waals surface area contributed by atoms with Gasteiger partial charge in [0.25, 0.3) is 5.91 Å². The van der Waals surface area contributed by atoms with Gasteiger partial charge in [0.15, 0.2) is 0 Å². The van der Waals surface area contributed by atoms with Crippen molar-refractivity contribution in [2.24, 2.45) is 0 Å². The van der Waals surface area contributed by atoms with Gasteiger partial charge in [-0.15, -0.1) is 0 Å². The minimum Gasteiger partial charge on any atom is -0.322 e. The van der Waals surface area contributed by atoms with E-state index in [1.54, 1.807) is 24.5 Å². The van der Waals surface area contributed by atoms with Crippen LogP contribution >= 0.6 is 22.6 Å². The summed E-state index contributed by atoms with van der Waals surface area (Å²) in [6.45, 7) is 2.07. The van der Waals surface area contributed by atoms with Gasteiger partial charge in [-0.3, -0.25) is 9.78 Å². The van der Waals surface area contributed by atoms with Gasteiger partial charge in [0.1, 0.15) is 0 Å². The Bertz CT molecular complexity index is 555. The lowest BCUT2D eigenvalue weighted by molar-refractivity contribution is 0.102. The van der Waals surface area contributed by atoms with Crippen LogP contribution in [-0.2, 0) is 6.42 Å². The summed E-state index contributed by atoms with van der Waals surface area (Å²) < 4.78 is 1.17. The van der Waals surface area contributed by atoms with Crippen LogP contribution in [0.25, 0.3) is 0 Å². The van der Waals surface area contributed by atoms with E-state index in [4.69, 9.17) is 0 Å². The van der Waals surface area contributed by atoms with Crippen LogP contribution in [0.4, 0.5) is 5.69 Å². The maximum absolute atomic E-state index is 12.0. The molecule has 0 saturated heterocycles.